The van der Waals surface area contributed by atoms with E-state index in [1.54, 1.807) is 0 Å². The van der Waals surface area contributed by atoms with Crippen molar-refractivity contribution in [2.24, 2.45) is 0 Å². The second-order valence-corrected chi connectivity index (χ2v) is 5.77. The van der Waals surface area contributed by atoms with Gasteiger partial charge in [-0.1, -0.05) is 43.3 Å². The zero-order valence-electron chi connectivity index (χ0n) is 13.5. The van der Waals surface area contributed by atoms with Crippen LogP contribution in [0.3, 0.4) is 0 Å². The van der Waals surface area contributed by atoms with Crippen molar-refractivity contribution >= 4 is 0 Å². The van der Waals surface area contributed by atoms with E-state index in [2.05, 4.69) is 58.1 Å². The van der Waals surface area contributed by atoms with E-state index in [-0.39, 0.29) is 0 Å². The Morgan fingerprint density at radius 3 is 2.32 bits per heavy atom. The molecule has 5 heteroatoms. The highest BCUT2D eigenvalue weighted by molar-refractivity contribution is 5.54. The first-order valence-electron chi connectivity index (χ1n) is 8.15. The molecule has 0 saturated carbocycles. The van der Waals surface area contributed by atoms with Crippen molar-refractivity contribution in [3.63, 3.8) is 0 Å². The van der Waals surface area contributed by atoms with Crippen LogP contribution >= 0.6 is 0 Å². The van der Waals surface area contributed by atoms with Crippen LogP contribution in [0.25, 0.3) is 11.4 Å². The highest BCUT2D eigenvalue weighted by atomic mass is 16.5. The summed E-state index contributed by atoms with van der Waals surface area (Å²) >= 11 is 0. The molecule has 22 heavy (non-hydrogen) atoms. The van der Waals surface area contributed by atoms with E-state index in [9.17, 15) is 0 Å². The molecule has 5 nitrogen and oxygen atoms in total. The number of nitrogens with zero attached hydrogens (tertiary/aromatic N) is 4. The van der Waals surface area contributed by atoms with Gasteiger partial charge in [0.1, 0.15) is 0 Å². The summed E-state index contributed by atoms with van der Waals surface area (Å²) in [7, 11) is 0. The van der Waals surface area contributed by atoms with Gasteiger partial charge in [-0.15, -0.1) is 0 Å². The lowest BCUT2D eigenvalue weighted by atomic mass is 10.1. The molecule has 2 heterocycles. The third-order valence-corrected chi connectivity index (χ3v) is 4.36. The molecule has 0 unspecified atom stereocenters. The summed E-state index contributed by atoms with van der Waals surface area (Å²) in [5, 5.41) is 4.12. The molecular weight excluding hydrogens is 276 g/mol. The summed E-state index contributed by atoms with van der Waals surface area (Å²) in [5.41, 5.74) is 2.34. The Morgan fingerprint density at radius 1 is 1.00 bits per heavy atom. The van der Waals surface area contributed by atoms with E-state index in [1.807, 2.05) is 0 Å². The largest absolute Gasteiger partial charge is 0.338 e. The molecule has 0 aliphatic carbocycles. The van der Waals surface area contributed by atoms with E-state index < -0.39 is 0 Å². The van der Waals surface area contributed by atoms with Gasteiger partial charge < -0.3 is 9.42 Å². The minimum absolute atomic E-state index is 0.685. The van der Waals surface area contributed by atoms with Crippen LogP contribution in [0.4, 0.5) is 0 Å². The van der Waals surface area contributed by atoms with Crippen LogP contribution in [0.5, 0.6) is 0 Å². The molecule has 3 rings (SSSR count). The van der Waals surface area contributed by atoms with E-state index in [4.69, 9.17) is 4.52 Å². The van der Waals surface area contributed by atoms with Crippen LogP contribution in [0, 0.1) is 0 Å². The van der Waals surface area contributed by atoms with Gasteiger partial charge in [0.15, 0.2) is 0 Å². The van der Waals surface area contributed by atoms with Crippen molar-refractivity contribution < 1.29 is 4.52 Å². The van der Waals surface area contributed by atoms with Crippen molar-refractivity contribution in [3.8, 4) is 11.4 Å². The van der Waals surface area contributed by atoms with Crippen LogP contribution in [-0.2, 0) is 13.0 Å². The fraction of sp³-hybridized carbons (Fsp3) is 0.529. The molecule has 1 aromatic carbocycles. The first kappa shape index (κ1) is 15.2. The minimum atomic E-state index is 0.685. The SMILES string of the molecule is CCc1ccc(-c2noc(CN3CCN(CC)CC3)n2)cc1. The molecule has 118 valence electrons. The molecule has 0 radical (unpaired) electrons. The van der Waals surface area contributed by atoms with Gasteiger partial charge in [0, 0.05) is 31.7 Å². The van der Waals surface area contributed by atoms with Gasteiger partial charge in [-0.05, 0) is 18.5 Å². The van der Waals surface area contributed by atoms with E-state index in [0.717, 1.165) is 51.3 Å². The molecule has 1 aliphatic heterocycles. The topological polar surface area (TPSA) is 45.4 Å². The summed E-state index contributed by atoms with van der Waals surface area (Å²) in [5.74, 6) is 1.39. The van der Waals surface area contributed by atoms with Gasteiger partial charge in [0.2, 0.25) is 11.7 Å². The van der Waals surface area contributed by atoms with Crippen molar-refractivity contribution in [3.05, 3.63) is 35.7 Å². The molecule has 1 fully saturated rings. The number of likely N-dealkylation sites (N-methyl/N-ethyl adjacent to an activating group) is 1. The van der Waals surface area contributed by atoms with Gasteiger partial charge in [-0.2, -0.15) is 4.98 Å². The third kappa shape index (κ3) is 3.54. The van der Waals surface area contributed by atoms with Crippen molar-refractivity contribution in [1.82, 2.24) is 19.9 Å². The number of rotatable bonds is 5. The van der Waals surface area contributed by atoms with Crippen LogP contribution in [-0.4, -0.2) is 52.7 Å². The Kier molecular flexibility index (Phi) is 4.85. The highest BCUT2D eigenvalue weighted by Gasteiger charge is 2.18. The highest BCUT2D eigenvalue weighted by Crippen LogP contribution is 2.17. The van der Waals surface area contributed by atoms with Crippen molar-refractivity contribution in [1.29, 1.82) is 0 Å². The Balaban J connectivity index is 1.61. The summed E-state index contributed by atoms with van der Waals surface area (Å²) in [6.45, 7) is 10.6. The van der Waals surface area contributed by atoms with Gasteiger partial charge in [-0.25, -0.2) is 0 Å². The average Bonchev–Trinajstić information content (AvgIpc) is 3.04. The molecule has 1 aromatic heterocycles. The summed E-state index contributed by atoms with van der Waals surface area (Å²) in [4.78, 5) is 9.38. The second kappa shape index (κ2) is 7.03. The maximum absolute atomic E-state index is 5.42. The third-order valence-electron chi connectivity index (χ3n) is 4.36. The number of hydrogen-bond acceptors (Lipinski definition) is 5. The Labute approximate surface area is 131 Å². The number of aryl methyl sites for hydroxylation is 1. The standard InChI is InChI=1S/C17H24N4O/c1-3-14-5-7-15(8-6-14)17-18-16(22-19-17)13-21-11-9-20(4-2)10-12-21/h5-8H,3-4,9-13H2,1-2H3. The van der Waals surface area contributed by atoms with Gasteiger partial charge >= 0.3 is 0 Å². The van der Waals surface area contributed by atoms with Crippen molar-refractivity contribution in [2.75, 3.05) is 32.7 Å². The molecule has 0 N–H and O–H groups in total. The summed E-state index contributed by atoms with van der Waals surface area (Å²) < 4.78 is 5.42. The first-order valence-corrected chi connectivity index (χ1v) is 8.15. The number of aromatic nitrogens is 2. The van der Waals surface area contributed by atoms with Crippen LogP contribution < -0.4 is 0 Å². The molecule has 2 aromatic rings. The molecule has 0 amide bonds. The maximum Gasteiger partial charge on any atom is 0.241 e. The Morgan fingerprint density at radius 2 is 1.68 bits per heavy atom. The van der Waals surface area contributed by atoms with E-state index >= 15 is 0 Å². The Hall–Kier alpha value is -1.72. The molecule has 1 aliphatic rings. The maximum atomic E-state index is 5.42. The molecule has 0 bridgehead atoms. The number of hydrogen-bond donors (Lipinski definition) is 0. The summed E-state index contributed by atoms with van der Waals surface area (Å²) in [6, 6.07) is 8.37. The van der Waals surface area contributed by atoms with Gasteiger partial charge in [-0.3, -0.25) is 4.90 Å². The predicted molar refractivity (Wildman–Crippen MR) is 86.5 cm³/mol. The van der Waals surface area contributed by atoms with E-state index in [1.165, 1.54) is 5.56 Å². The average molecular weight is 300 g/mol. The van der Waals surface area contributed by atoms with Crippen molar-refractivity contribution in [2.45, 2.75) is 26.8 Å². The smallest absolute Gasteiger partial charge is 0.241 e. The molecule has 0 atom stereocenters. The number of piperazine rings is 1. The van der Waals surface area contributed by atoms with E-state index in [0.29, 0.717) is 11.7 Å². The molecular formula is C17H24N4O. The monoisotopic (exact) mass is 300 g/mol. The fourth-order valence-electron chi connectivity index (χ4n) is 2.78. The predicted octanol–water partition coefficient (Wildman–Crippen LogP) is 2.44. The minimum Gasteiger partial charge on any atom is -0.338 e. The zero-order valence-corrected chi connectivity index (χ0v) is 13.5. The van der Waals surface area contributed by atoms with Crippen LogP contribution in [0.1, 0.15) is 25.3 Å². The lowest BCUT2D eigenvalue weighted by molar-refractivity contribution is 0.121. The molecule has 0 spiro atoms. The fourth-order valence-corrected chi connectivity index (χ4v) is 2.78. The normalized spacial score (nSPS) is 17.0. The van der Waals surface area contributed by atoms with Crippen LogP contribution in [0.15, 0.2) is 28.8 Å². The molecule has 1 saturated heterocycles. The second-order valence-electron chi connectivity index (χ2n) is 5.77. The van der Waals surface area contributed by atoms with Crippen LogP contribution in [0.2, 0.25) is 0 Å². The first-order chi connectivity index (χ1) is 10.8. The van der Waals surface area contributed by atoms with Gasteiger partial charge in [0.25, 0.3) is 0 Å². The lowest BCUT2D eigenvalue weighted by Gasteiger charge is -2.33. The lowest BCUT2D eigenvalue weighted by Crippen LogP contribution is -2.45. The Bertz CT molecular complexity index is 585. The zero-order chi connectivity index (χ0) is 15.4. The summed E-state index contributed by atoms with van der Waals surface area (Å²) in [6.07, 6.45) is 1.04. The van der Waals surface area contributed by atoms with Gasteiger partial charge in [0.05, 0.1) is 6.54 Å². The number of benzene rings is 1. The quantitative estimate of drug-likeness (QED) is 0.848.